The molecule has 8 N–H and O–H groups in total. The first kappa shape index (κ1) is 30.5. The summed E-state index contributed by atoms with van der Waals surface area (Å²) in [6, 6.07) is 9.34. The van der Waals surface area contributed by atoms with Gasteiger partial charge in [0, 0.05) is 29.3 Å². The summed E-state index contributed by atoms with van der Waals surface area (Å²) in [7, 11) is 0. The number of aromatic hydroxyl groups is 1. The molecule has 3 rings (SSSR count). The molecular formula is C28H35N5O6S. The summed E-state index contributed by atoms with van der Waals surface area (Å²) in [5.74, 6) is -3.61. The average Bonchev–Trinajstić information content (AvgIpc) is 3.33. The quantitative estimate of drug-likeness (QED) is 0.142. The molecule has 3 aromatic rings. The lowest BCUT2D eigenvalue weighted by molar-refractivity contribution is -0.143. The van der Waals surface area contributed by atoms with Crippen molar-refractivity contribution in [2.75, 3.05) is 5.75 Å². The maximum absolute atomic E-state index is 13.3. The minimum atomic E-state index is -1.20. The number of para-hydroxylation sites is 1. The number of thiol groups is 1. The van der Waals surface area contributed by atoms with E-state index in [0.29, 0.717) is 5.56 Å². The second-order valence-corrected chi connectivity index (χ2v) is 10.3. The number of aliphatic carboxylic acids is 1. The monoisotopic (exact) mass is 569 g/mol. The number of phenolic OH excluding ortho intramolecular Hbond substituents is 1. The number of benzene rings is 2. The zero-order chi connectivity index (χ0) is 29.4. The number of nitrogens with two attached hydrogens (primary N) is 1. The minimum Gasteiger partial charge on any atom is -0.508 e. The molecule has 0 aliphatic heterocycles. The Morgan fingerprint density at radius 1 is 0.900 bits per heavy atom. The van der Waals surface area contributed by atoms with Gasteiger partial charge in [-0.05, 0) is 41.7 Å². The van der Waals surface area contributed by atoms with Crippen molar-refractivity contribution in [3.05, 3.63) is 65.9 Å². The molecule has 4 unspecified atom stereocenters. The van der Waals surface area contributed by atoms with Crippen molar-refractivity contribution in [1.29, 1.82) is 0 Å². The molecule has 0 aliphatic carbocycles. The van der Waals surface area contributed by atoms with Gasteiger partial charge in [0.1, 0.15) is 23.9 Å². The maximum Gasteiger partial charge on any atom is 0.326 e. The van der Waals surface area contributed by atoms with Gasteiger partial charge in [0.15, 0.2) is 0 Å². The lowest BCUT2D eigenvalue weighted by Crippen LogP contribution is -2.58. The highest BCUT2D eigenvalue weighted by molar-refractivity contribution is 7.80. The van der Waals surface area contributed by atoms with Crippen molar-refractivity contribution in [1.82, 2.24) is 20.9 Å². The fourth-order valence-electron chi connectivity index (χ4n) is 4.22. The third-order valence-electron chi connectivity index (χ3n) is 6.51. The second-order valence-electron chi connectivity index (χ2n) is 9.91. The first-order chi connectivity index (χ1) is 19.0. The largest absolute Gasteiger partial charge is 0.508 e. The van der Waals surface area contributed by atoms with E-state index in [1.807, 2.05) is 24.3 Å². The van der Waals surface area contributed by atoms with Gasteiger partial charge in [-0.15, -0.1) is 0 Å². The standard InChI is InChI=1S/C28H35N5O6S/c1-15(2)24(28(38)39)33-27(37)23(14-40)32-26(36)22(11-16-7-9-18(34)10-8-16)31-25(35)20(29)12-17-13-30-21-6-4-3-5-19(17)21/h3-10,13,15,20,22-24,30,34,40H,11-12,14,29H2,1-2H3,(H,31,35)(H,32,36)(H,33,37)(H,38,39). The molecule has 0 saturated carbocycles. The summed E-state index contributed by atoms with van der Waals surface area (Å²) >= 11 is 4.15. The van der Waals surface area contributed by atoms with Crippen LogP contribution in [0.3, 0.4) is 0 Å². The summed E-state index contributed by atoms with van der Waals surface area (Å²) in [6.45, 7) is 3.30. The molecule has 2 aromatic carbocycles. The maximum atomic E-state index is 13.3. The van der Waals surface area contributed by atoms with E-state index < -0.39 is 53.8 Å². The number of aromatic amines is 1. The van der Waals surface area contributed by atoms with Crippen molar-refractivity contribution in [2.24, 2.45) is 11.7 Å². The Hall–Kier alpha value is -4.03. The third kappa shape index (κ3) is 7.99. The Balaban J connectivity index is 1.75. The molecule has 0 aliphatic rings. The van der Waals surface area contributed by atoms with Crippen LogP contribution in [0.5, 0.6) is 5.75 Å². The molecule has 4 atom stereocenters. The number of nitrogens with one attached hydrogen (secondary N) is 4. The molecule has 40 heavy (non-hydrogen) atoms. The van der Waals surface area contributed by atoms with Crippen molar-refractivity contribution >= 4 is 47.2 Å². The van der Waals surface area contributed by atoms with Crippen molar-refractivity contribution in [2.45, 2.75) is 50.9 Å². The number of hydrogen-bond donors (Lipinski definition) is 8. The van der Waals surface area contributed by atoms with Crippen molar-refractivity contribution in [3.8, 4) is 5.75 Å². The highest BCUT2D eigenvalue weighted by atomic mass is 32.1. The Bertz CT molecular complexity index is 1340. The van der Waals surface area contributed by atoms with E-state index in [4.69, 9.17) is 5.73 Å². The zero-order valence-electron chi connectivity index (χ0n) is 22.3. The Labute approximate surface area is 237 Å². The molecule has 0 fully saturated rings. The predicted molar refractivity (Wildman–Crippen MR) is 154 cm³/mol. The third-order valence-corrected chi connectivity index (χ3v) is 6.87. The van der Waals surface area contributed by atoms with E-state index in [0.717, 1.165) is 16.5 Å². The van der Waals surface area contributed by atoms with E-state index in [2.05, 4.69) is 33.6 Å². The summed E-state index contributed by atoms with van der Waals surface area (Å²) in [5.41, 5.74) is 8.63. The number of carboxylic acids is 1. The zero-order valence-corrected chi connectivity index (χ0v) is 23.2. The average molecular weight is 570 g/mol. The first-order valence-corrected chi connectivity index (χ1v) is 13.5. The van der Waals surface area contributed by atoms with Gasteiger partial charge in [-0.3, -0.25) is 14.4 Å². The first-order valence-electron chi connectivity index (χ1n) is 12.8. The summed E-state index contributed by atoms with van der Waals surface area (Å²) in [5, 5.41) is 27.6. The molecule has 0 bridgehead atoms. The van der Waals surface area contributed by atoms with E-state index in [-0.39, 0.29) is 24.3 Å². The van der Waals surface area contributed by atoms with E-state index in [1.54, 1.807) is 32.2 Å². The van der Waals surface area contributed by atoms with E-state index >= 15 is 0 Å². The molecule has 3 amide bonds. The molecule has 12 heteroatoms. The number of phenols is 1. The fraction of sp³-hybridized carbons (Fsp3) is 0.357. The topological polar surface area (TPSA) is 187 Å². The van der Waals surface area contributed by atoms with E-state index in [1.165, 1.54) is 12.1 Å². The predicted octanol–water partition coefficient (Wildman–Crippen LogP) is 1.11. The summed E-state index contributed by atoms with van der Waals surface area (Å²) in [6.07, 6.45) is 2.05. The molecule has 11 nitrogen and oxygen atoms in total. The van der Waals surface area contributed by atoms with Crippen LogP contribution in [0.2, 0.25) is 0 Å². The number of rotatable bonds is 13. The van der Waals surface area contributed by atoms with Crippen LogP contribution in [0.4, 0.5) is 0 Å². The summed E-state index contributed by atoms with van der Waals surface area (Å²) in [4.78, 5) is 53.9. The van der Waals surface area contributed by atoms with Crippen molar-refractivity contribution in [3.63, 3.8) is 0 Å². The van der Waals surface area contributed by atoms with Gasteiger partial charge in [-0.1, -0.05) is 44.2 Å². The smallest absolute Gasteiger partial charge is 0.326 e. The Morgan fingerprint density at radius 3 is 2.15 bits per heavy atom. The number of H-pyrrole nitrogens is 1. The molecule has 0 spiro atoms. The van der Waals surface area contributed by atoms with Crippen LogP contribution in [0.15, 0.2) is 54.7 Å². The highest BCUT2D eigenvalue weighted by Gasteiger charge is 2.31. The molecule has 0 radical (unpaired) electrons. The lowest BCUT2D eigenvalue weighted by atomic mass is 10.0. The number of carbonyl (C=O) groups is 4. The Kier molecular flexibility index (Phi) is 10.6. The minimum absolute atomic E-state index is 0.0412. The summed E-state index contributed by atoms with van der Waals surface area (Å²) < 4.78 is 0. The van der Waals surface area contributed by atoms with Gasteiger partial charge in [0.05, 0.1) is 6.04 Å². The van der Waals surface area contributed by atoms with Gasteiger partial charge in [-0.2, -0.15) is 12.6 Å². The van der Waals surface area contributed by atoms with Crippen LogP contribution < -0.4 is 21.7 Å². The van der Waals surface area contributed by atoms with Crippen LogP contribution >= 0.6 is 12.6 Å². The second kappa shape index (κ2) is 13.9. The van der Waals surface area contributed by atoms with Crippen LogP contribution in [0, 0.1) is 5.92 Å². The highest BCUT2D eigenvalue weighted by Crippen LogP contribution is 2.19. The molecule has 1 aromatic heterocycles. The molecule has 0 saturated heterocycles. The van der Waals surface area contributed by atoms with Gasteiger partial charge >= 0.3 is 5.97 Å². The van der Waals surface area contributed by atoms with Gasteiger partial charge < -0.3 is 36.9 Å². The van der Waals surface area contributed by atoms with Crippen molar-refractivity contribution < 1.29 is 29.4 Å². The van der Waals surface area contributed by atoms with Gasteiger partial charge in [-0.25, -0.2) is 4.79 Å². The van der Waals surface area contributed by atoms with Crippen LogP contribution in [-0.2, 0) is 32.0 Å². The van der Waals surface area contributed by atoms with Gasteiger partial charge in [0.25, 0.3) is 0 Å². The van der Waals surface area contributed by atoms with E-state index in [9.17, 15) is 29.4 Å². The Morgan fingerprint density at radius 2 is 1.52 bits per heavy atom. The van der Waals surface area contributed by atoms with Crippen LogP contribution in [-0.4, -0.2) is 68.8 Å². The molecule has 214 valence electrons. The van der Waals surface area contributed by atoms with Crippen LogP contribution in [0.25, 0.3) is 10.9 Å². The van der Waals surface area contributed by atoms with Crippen LogP contribution in [0.1, 0.15) is 25.0 Å². The normalized spacial score (nSPS) is 14.2. The number of carbonyl (C=O) groups excluding carboxylic acids is 3. The fourth-order valence-corrected chi connectivity index (χ4v) is 4.48. The molecule has 1 heterocycles. The number of hydrogen-bond acceptors (Lipinski definition) is 7. The number of carboxylic acid groups (broad SMARTS) is 1. The SMILES string of the molecule is CC(C)C(NC(=O)C(CS)NC(=O)C(Cc1ccc(O)cc1)NC(=O)C(N)Cc1c[nH]c2ccccc12)C(=O)O. The number of fused-ring (bicyclic) bond motifs is 1. The lowest BCUT2D eigenvalue weighted by Gasteiger charge is -2.25. The number of amides is 3. The molecular weight excluding hydrogens is 534 g/mol. The number of aromatic nitrogens is 1. The van der Waals surface area contributed by atoms with Gasteiger partial charge in [0.2, 0.25) is 17.7 Å².